The first-order chi connectivity index (χ1) is 22.9. The van der Waals surface area contributed by atoms with E-state index in [0.717, 1.165) is 30.3 Å². The smallest absolute Gasteiger partial charge is 0.263 e. The summed E-state index contributed by atoms with van der Waals surface area (Å²) in [5.74, 6) is -5.62. The fourth-order valence-electron chi connectivity index (χ4n) is 5.97. The number of hydrogen-bond donors (Lipinski definition) is 3. The number of nitrogens with two attached hydrogens (primary N) is 1. The molecule has 1 aliphatic rings. The van der Waals surface area contributed by atoms with Crippen molar-refractivity contribution in [2.75, 3.05) is 29.9 Å². The average molecular weight is 677 g/mol. The first-order valence-corrected chi connectivity index (χ1v) is 15.3. The molecule has 5 aromatic rings. The summed E-state index contributed by atoms with van der Waals surface area (Å²) in [6.07, 6.45) is 3.93. The third-order valence-electron chi connectivity index (χ3n) is 8.36. The van der Waals surface area contributed by atoms with Crippen molar-refractivity contribution in [1.29, 1.82) is 0 Å². The van der Waals surface area contributed by atoms with Gasteiger partial charge >= 0.3 is 0 Å². The third kappa shape index (κ3) is 6.19. The summed E-state index contributed by atoms with van der Waals surface area (Å²) in [7, 11) is 1.41. The number of fused-ring (bicyclic) bond motifs is 1. The second kappa shape index (κ2) is 13.0. The summed E-state index contributed by atoms with van der Waals surface area (Å²) < 4.78 is 32.2. The molecule has 2 aromatic carbocycles. The molecular formula is C33H31ClF2N8O4. The number of carbonyl (C=O) groups is 2. The van der Waals surface area contributed by atoms with Crippen molar-refractivity contribution in [1.82, 2.24) is 24.0 Å². The number of phenols is 1. The highest BCUT2D eigenvalue weighted by Crippen LogP contribution is 2.36. The number of pyridine rings is 1. The van der Waals surface area contributed by atoms with Gasteiger partial charge in [0.15, 0.2) is 11.6 Å². The topological polar surface area (TPSA) is 152 Å². The Bertz CT molecular complexity index is 2120. The average Bonchev–Trinajstić information content (AvgIpc) is 3.41. The SMILES string of the molecule is C[C@H]1CN(Cc2ccccc2)CCN1c1cc(NC(=O)Cn2cc(-c3cc(C(N)=O)c(O)c(F)c3F)c3c(=O)n(C)cnc32)c(Cl)cn1. The lowest BCUT2D eigenvalue weighted by atomic mass is 10.0. The lowest BCUT2D eigenvalue weighted by Crippen LogP contribution is -2.51. The van der Waals surface area contributed by atoms with Crippen LogP contribution in [-0.2, 0) is 24.9 Å². The molecule has 0 unspecified atom stereocenters. The summed E-state index contributed by atoms with van der Waals surface area (Å²) in [4.78, 5) is 51.7. The number of benzene rings is 2. The molecule has 0 saturated carbocycles. The molecule has 6 rings (SSSR count). The zero-order valence-electron chi connectivity index (χ0n) is 26.0. The van der Waals surface area contributed by atoms with Gasteiger partial charge in [0, 0.05) is 62.7 Å². The maximum atomic E-state index is 15.2. The number of halogens is 3. The highest BCUT2D eigenvalue weighted by atomic mass is 35.5. The summed E-state index contributed by atoms with van der Waals surface area (Å²) in [5, 5.41) is 12.8. The minimum absolute atomic E-state index is 0.000436. The van der Waals surface area contributed by atoms with Crippen LogP contribution in [0, 0.1) is 11.6 Å². The summed E-state index contributed by atoms with van der Waals surface area (Å²) >= 11 is 6.43. The largest absolute Gasteiger partial charge is 0.504 e. The third-order valence-corrected chi connectivity index (χ3v) is 8.66. The number of nitrogens with one attached hydrogen (secondary N) is 1. The standard InChI is InChI=1S/C33H31ClF2N8O4/c1-18-13-42(14-19-6-4-3-5-7-19)8-9-44(18)25-11-24(23(34)12-38-25)40-26(45)16-43-15-22(27-32(43)39-17-41(2)33(27)48)20-10-21(31(37)47)30(46)29(36)28(20)35/h3-7,10-12,15,17-18,46H,8-9,13-14,16H2,1-2H3,(H2,37,47)(H,38,40,45)/t18-/m0/s1. The van der Waals surface area contributed by atoms with Gasteiger partial charge in [-0.2, -0.15) is 4.39 Å². The number of hydrogen-bond acceptors (Lipinski definition) is 8. The normalized spacial score (nSPS) is 15.2. The van der Waals surface area contributed by atoms with Crippen molar-refractivity contribution in [2.24, 2.45) is 12.8 Å². The highest BCUT2D eigenvalue weighted by molar-refractivity contribution is 6.33. The van der Waals surface area contributed by atoms with Crippen molar-refractivity contribution < 1.29 is 23.5 Å². The van der Waals surface area contributed by atoms with Crippen LogP contribution in [0.5, 0.6) is 5.75 Å². The Balaban J connectivity index is 1.25. The lowest BCUT2D eigenvalue weighted by Gasteiger charge is -2.40. The van der Waals surface area contributed by atoms with E-state index >= 15 is 4.39 Å². The van der Waals surface area contributed by atoms with Crippen LogP contribution >= 0.6 is 11.6 Å². The van der Waals surface area contributed by atoms with E-state index in [1.807, 2.05) is 18.2 Å². The van der Waals surface area contributed by atoms with Gasteiger partial charge in [-0.15, -0.1) is 0 Å². The molecule has 1 fully saturated rings. The van der Waals surface area contributed by atoms with Gasteiger partial charge in [-0.05, 0) is 18.6 Å². The number of rotatable bonds is 8. The first-order valence-electron chi connectivity index (χ1n) is 15.0. The molecule has 3 aromatic heterocycles. The number of nitrogens with zero attached hydrogens (tertiary/aromatic N) is 6. The van der Waals surface area contributed by atoms with Crippen LogP contribution in [0.4, 0.5) is 20.3 Å². The molecule has 12 nitrogen and oxygen atoms in total. The van der Waals surface area contributed by atoms with E-state index in [9.17, 15) is 23.9 Å². The number of aryl methyl sites for hydroxylation is 1. The number of primary amides is 1. The number of piperazine rings is 1. The number of amides is 2. The molecule has 4 heterocycles. The Labute approximate surface area is 278 Å². The number of anilines is 2. The van der Waals surface area contributed by atoms with Crippen LogP contribution in [0.1, 0.15) is 22.8 Å². The van der Waals surface area contributed by atoms with Crippen molar-refractivity contribution in [3.63, 3.8) is 0 Å². The van der Waals surface area contributed by atoms with Crippen LogP contribution in [0.15, 0.2) is 66.0 Å². The molecule has 0 aliphatic carbocycles. The number of carbonyl (C=O) groups excluding carboxylic acids is 2. The Morgan fingerprint density at radius 2 is 1.85 bits per heavy atom. The zero-order chi connectivity index (χ0) is 34.3. The number of aromatic hydroxyl groups is 1. The number of aromatic nitrogens is 4. The molecule has 248 valence electrons. The molecule has 48 heavy (non-hydrogen) atoms. The maximum absolute atomic E-state index is 15.2. The molecule has 1 aliphatic heterocycles. The Morgan fingerprint density at radius 1 is 1.10 bits per heavy atom. The molecule has 15 heteroatoms. The highest BCUT2D eigenvalue weighted by Gasteiger charge is 2.27. The van der Waals surface area contributed by atoms with Crippen molar-refractivity contribution in [3.05, 3.63) is 99.3 Å². The fourth-order valence-corrected chi connectivity index (χ4v) is 6.12. The van der Waals surface area contributed by atoms with Gasteiger partial charge in [0.25, 0.3) is 11.5 Å². The molecule has 0 radical (unpaired) electrons. The maximum Gasteiger partial charge on any atom is 0.263 e. The van der Waals surface area contributed by atoms with E-state index in [1.165, 1.54) is 35.9 Å². The minimum Gasteiger partial charge on any atom is -0.504 e. The van der Waals surface area contributed by atoms with E-state index in [0.29, 0.717) is 18.1 Å². The fraction of sp³-hybridized carbons (Fsp3) is 0.242. The minimum atomic E-state index is -1.71. The molecule has 1 saturated heterocycles. The Hall–Kier alpha value is -5.34. The van der Waals surface area contributed by atoms with Crippen molar-refractivity contribution >= 4 is 46.0 Å². The Morgan fingerprint density at radius 3 is 2.56 bits per heavy atom. The summed E-state index contributed by atoms with van der Waals surface area (Å²) in [5.41, 5.74) is 4.82. The van der Waals surface area contributed by atoms with E-state index in [1.54, 1.807) is 6.07 Å². The molecule has 0 bridgehead atoms. The van der Waals surface area contributed by atoms with Crippen LogP contribution < -0.4 is 21.5 Å². The van der Waals surface area contributed by atoms with Gasteiger partial charge < -0.3 is 30.2 Å². The lowest BCUT2D eigenvalue weighted by molar-refractivity contribution is -0.116. The second-order valence-corrected chi connectivity index (χ2v) is 12.1. The zero-order valence-corrected chi connectivity index (χ0v) is 26.7. The molecule has 2 amide bonds. The van der Waals surface area contributed by atoms with Gasteiger partial charge in [-0.3, -0.25) is 19.3 Å². The predicted molar refractivity (Wildman–Crippen MR) is 177 cm³/mol. The summed E-state index contributed by atoms with van der Waals surface area (Å²) in [6, 6.07) is 12.9. The van der Waals surface area contributed by atoms with E-state index < -0.39 is 52.4 Å². The van der Waals surface area contributed by atoms with E-state index in [-0.39, 0.29) is 27.7 Å². The molecule has 4 N–H and O–H groups in total. The van der Waals surface area contributed by atoms with Gasteiger partial charge in [0.2, 0.25) is 11.7 Å². The Kier molecular flexibility index (Phi) is 8.86. The molecular weight excluding hydrogens is 646 g/mol. The van der Waals surface area contributed by atoms with Crippen molar-refractivity contribution in [2.45, 2.75) is 26.1 Å². The van der Waals surface area contributed by atoms with Gasteiger partial charge in [-0.25, -0.2) is 14.4 Å². The van der Waals surface area contributed by atoms with Crippen LogP contribution in [-0.4, -0.2) is 66.6 Å². The predicted octanol–water partition coefficient (Wildman–Crippen LogP) is 3.88. The van der Waals surface area contributed by atoms with Crippen LogP contribution in [0.25, 0.3) is 22.2 Å². The quantitative estimate of drug-likeness (QED) is 0.224. The molecule has 1 atom stereocenters. The van der Waals surface area contributed by atoms with Crippen LogP contribution in [0.3, 0.4) is 0 Å². The van der Waals surface area contributed by atoms with Crippen molar-refractivity contribution in [3.8, 4) is 16.9 Å². The van der Waals surface area contributed by atoms with E-state index in [4.69, 9.17) is 17.3 Å². The van der Waals surface area contributed by atoms with Crippen LogP contribution in [0.2, 0.25) is 5.02 Å². The molecule has 0 spiro atoms. The first kappa shape index (κ1) is 32.6. The van der Waals surface area contributed by atoms with E-state index in [2.05, 4.69) is 44.1 Å². The van der Waals surface area contributed by atoms with Gasteiger partial charge in [0.05, 0.1) is 34.2 Å². The summed E-state index contributed by atoms with van der Waals surface area (Å²) in [6.45, 7) is 4.87. The second-order valence-electron chi connectivity index (χ2n) is 11.7. The monoisotopic (exact) mass is 676 g/mol. The van der Waals surface area contributed by atoms with Gasteiger partial charge in [-0.1, -0.05) is 41.9 Å². The van der Waals surface area contributed by atoms with Gasteiger partial charge in [0.1, 0.15) is 18.0 Å².